The van der Waals surface area contributed by atoms with E-state index in [1.165, 1.54) is 28.7 Å². The van der Waals surface area contributed by atoms with Gasteiger partial charge in [0.25, 0.3) is 0 Å². The van der Waals surface area contributed by atoms with Crippen LogP contribution in [0.15, 0.2) is 4.47 Å². The number of halogens is 1. The summed E-state index contributed by atoms with van der Waals surface area (Å²) in [7, 11) is 2.03. The van der Waals surface area contributed by atoms with E-state index >= 15 is 0 Å². The van der Waals surface area contributed by atoms with Crippen molar-refractivity contribution in [2.45, 2.75) is 38.6 Å². The van der Waals surface area contributed by atoms with Crippen molar-refractivity contribution < 1.29 is 0 Å². The highest BCUT2D eigenvalue weighted by atomic mass is 79.9. The molecule has 2 heterocycles. The first kappa shape index (κ1) is 11.1. The normalized spacial score (nSPS) is 21.5. The van der Waals surface area contributed by atoms with Gasteiger partial charge in [-0.2, -0.15) is 5.10 Å². The van der Waals surface area contributed by atoms with Gasteiger partial charge in [0.1, 0.15) is 0 Å². The van der Waals surface area contributed by atoms with Crippen LogP contribution in [0.25, 0.3) is 0 Å². The summed E-state index contributed by atoms with van der Waals surface area (Å²) in [6.45, 7) is 5.52. The Balaban J connectivity index is 2.36. The first-order valence-corrected chi connectivity index (χ1v) is 6.36. The predicted molar refractivity (Wildman–Crippen MR) is 65.0 cm³/mol. The van der Waals surface area contributed by atoms with E-state index in [-0.39, 0.29) is 0 Å². The second-order valence-corrected chi connectivity index (χ2v) is 5.30. The topological polar surface area (TPSA) is 29.9 Å². The molecular weight excluding hydrogens is 254 g/mol. The van der Waals surface area contributed by atoms with E-state index in [1.807, 2.05) is 11.7 Å². The van der Waals surface area contributed by atoms with Gasteiger partial charge >= 0.3 is 0 Å². The standard InChI is InChI=1S/C11H18BrN3/c1-7(2)11-9(12)10(14-15(11)3)8-5-4-6-13-8/h7-8,13H,4-6H2,1-3H3. The zero-order valence-corrected chi connectivity index (χ0v) is 11.1. The molecule has 84 valence electrons. The minimum absolute atomic E-state index is 0.443. The van der Waals surface area contributed by atoms with Gasteiger partial charge in [-0.3, -0.25) is 4.68 Å². The summed E-state index contributed by atoms with van der Waals surface area (Å²) in [6, 6.07) is 0.443. The predicted octanol–water partition coefficient (Wildman–Crippen LogP) is 2.73. The summed E-state index contributed by atoms with van der Waals surface area (Å²) in [4.78, 5) is 0. The lowest BCUT2D eigenvalue weighted by molar-refractivity contribution is 0.597. The maximum atomic E-state index is 4.62. The Morgan fingerprint density at radius 1 is 1.53 bits per heavy atom. The van der Waals surface area contributed by atoms with Gasteiger partial charge in [-0.15, -0.1) is 0 Å². The van der Waals surface area contributed by atoms with Crippen molar-refractivity contribution in [2.75, 3.05) is 6.54 Å². The number of aromatic nitrogens is 2. The Hall–Kier alpha value is -0.350. The molecule has 0 spiro atoms. The van der Waals surface area contributed by atoms with Crippen LogP contribution in [-0.4, -0.2) is 16.3 Å². The zero-order valence-electron chi connectivity index (χ0n) is 9.55. The molecule has 1 aromatic heterocycles. The van der Waals surface area contributed by atoms with Crippen LogP contribution in [0.3, 0.4) is 0 Å². The summed E-state index contributed by atoms with van der Waals surface area (Å²) < 4.78 is 3.20. The molecule has 1 fully saturated rings. The largest absolute Gasteiger partial charge is 0.309 e. The number of nitrogens with zero attached hydrogens (tertiary/aromatic N) is 2. The molecule has 0 amide bonds. The Morgan fingerprint density at radius 3 is 2.73 bits per heavy atom. The summed E-state index contributed by atoms with van der Waals surface area (Å²) >= 11 is 3.69. The molecule has 1 unspecified atom stereocenters. The quantitative estimate of drug-likeness (QED) is 0.897. The summed E-state index contributed by atoms with van der Waals surface area (Å²) in [5.74, 6) is 0.507. The molecule has 0 saturated carbocycles. The lowest BCUT2D eigenvalue weighted by Gasteiger charge is -2.07. The maximum Gasteiger partial charge on any atom is 0.0938 e. The molecular formula is C11H18BrN3. The van der Waals surface area contributed by atoms with Crippen LogP contribution in [0, 0.1) is 0 Å². The summed E-state index contributed by atoms with van der Waals surface area (Å²) in [5, 5.41) is 8.11. The SMILES string of the molecule is CC(C)c1c(Br)c(C2CCCN2)nn1C. The van der Waals surface area contributed by atoms with E-state index < -0.39 is 0 Å². The van der Waals surface area contributed by atoms with E-state index in [0.717, 1.165) is 6.54 Å². The van der Waals surface area contributed by atoms with Crippen molar-refractivity contribution in [3.63, 3.8) is 0 Å². The molecule has 1 aliphatic rings. The molecule has 15 heavy (non-hydrogen) atoms. The lowest BCUT2D eigenvalue weighted by atomic mass is 10.1. The van der Waals surface area contributed by atoms with Crippen LogP contribution in [0.1, 0.15) is 50.0 Å². The number of rotatable bonds is 2. The van der Waals surface area contributed by atoms with Crippen LogP contribution in [0.2, 0.25) is 0 Å². The second-order valence-electron chi connectivity index (χ2n) is 4.51. The van der Waals surface area contributed by atoms with Gasteiger partial charge in [0.15, 0.2) is 0 Å². The van der Waals surface area contributed by atoms with E-state index in [2.05, 4.69) is 40.2 Å². The molecule has 0 radical (unpaired) electrons. The maximum absolute atomic E-state index is 4.62. The fourth-order valence-electron chi connectivity index (χ4n) is 2.30. The smallest absolute Gasteiger partial charge is 0.0938 e. The number of aryl methyl sites for hydroxylation is 1. The van der Waals surface area contributed by atoms with Gasteiger partial charge in [-0.1, -0.05) is 13.8 Å². The average molecular weight is 272 g/mol. The Bertz CT molecular complexity index is 351. The van der Waals surface area contributed by atoms with Crippen molar-refractivity contribution in [1.82, 2.24) is 15.1 Å². The molecule has 1 aromatic rings. The molecule has 1 N–H and O–H groups in total. The first-order chi connectivity index (χ1) is 7.11. The second kappa shape index (κ2) is 4.26. The Morgan fingerprint density at radius 2 is 2.27 bits per heavy atom. The third kappa shape index (κ3) is 1.97. The lowest BCUT2D eigenvalue weighted by Crippen LogP contribution is -2.14. The molecule has 3 nitrogen and oxygen atoms in total. The zero-order chi connectivity index (χ0) is 11.0. The molecule has 0 aliphatic carbocycles. The van der Waals surface area contributed by atoms with Crippen LogP contribution in [0.4, 0.5) is 0 Å². The molecule has 1 saturated heterocycles. The van der Waals surface area contributed by atoms with Crippen molar-refractivity contribution >= 4 is 15.9 Å². The molecule has 2 rings (SSSR count). The highest BCUT2D eigenvalue weighted by Gasteiger charge is 2.25. The van der Waals surface area contributed by atoms with Gasteiger partial charge in [0, 0.05) is 7.05 Å². The third-order valence-corrected chi connectivity index (χ3v) is 3.81. The number of hydrogen-bond acceptors (Lipinski definition) is 2. The van der Waals surface area contributed by atoms with Gasteiger partial charge in [0.05, 0.1) is 21.9 Å². The molecule has 1 atom stereocenters. The highest BCUT2D eigenvalue weighted by molar-refractivity contribution is 9.10. The fraction of sp³-hybridized carbons (Fsp3) is 0.727. The van der Waals surface area contributed by atoms with Crippen molar-refractivity contribution in [3.8, 4) is 0 Å². The molecule has 0 bridgehead atoms. The van der Waals surface area contributed by atoms with Crippen molar-refractivity contribution in [1.29, 1.82) is 0 Å². The van der Waals surface area contributed by atoms with Gasteiger partial charge in [-0.05, 0) is 41.2 Å². The molecule has 0 aromatic carbocycles. The summed E-state index contributed by atoms with van der Waals surface area (Å²) in [5.41, 5.74) is 2.47. The Labute approximate surface area is 99.4 Å². The van der Waals surface area contributed by atoms with Gasteiger partial charge in [-0.25, -0.2) is 0 Å². The fourth-order valence-corrected chi connectivity index (χ4v) is 3.37. The van der Waals surface area contributed by atoms with E-state index in [1.54, 1.807) is 0 Å². The van der Waals surface area contributed by atoms with Crippen LogP contribution < -0.4 is 5.32 Å². The minimum Gasteiger partial charge on any atom is -0.309 e. The number of hydrogen-bond donors (Lipinski definition) is 1. The van der Waals surface area contributed by atoms with Crippen LogP contribution in [-0.2, 0) is 7.05 Å². The van der Waals surface area contributed by atoms with Gasteiger partial charge < -0.3 is 5.32 Å². The van der Waals surface area contributed by atoms with Gasteiger partial charge in [0.2, 0.25) is 0 Å². The van der Waals surface area contributed by atoms with Crippen molar-refractivity contribution in [2.24, 2.45) is 7.05 Å². The first-order valence-electron chi connectivity index (χ1n) is 5.57. The van der Waals surface area contributed by atoms with E-state index in [0.29, 0.717) is 12.0 Å². The van der Waals surface area contributed by atoms with Crippen LogP contribution in [0.5, 0.6) is 0 Å². The Kier molecular flexibility index (Phi) is 3.16. The van der Waals surface area contributed by atoms with E-state index in [9.17, 15) is 0 Å². The molecule has 4 heteroatoms. The monoisotopic (exact) mass is 271 g/mol. The average Bonchev–Trinajstić information content (AvgIpc) is 2.72. The molecule has 1 aliphatic heterocycles. The van der Waals surface area contributed by atoms with Crippen molar-refractivity contribution in [3.05, 3.63) is 15.9 Å². The highest BCUT2D eigenvalue weighted by Crippen LogP contribution is 2.33. The van der Waals surface area contributed by atoms with Crippen LogP contribution >= 0.6 is 15.9 Å². The van der Waals surface area contributed by atoms with E-state index in [4.69, 9.17) is 0 Å². The third-order valence-electron chi connectivity index (χ3n) is 2.99. The summed E-state index contributed by atoms with van der Waals surface area (Å²) in [6.07, 6.45) is 2.46. The minimum atomic E-state index is 0.443. The number of nitrogens with one attached hydrogen (secondary N) is 1.